The van der Waals surface area contributed by atoms with Crippen molar-refractivity contribution in [2.45, 2.75) is 27.7 Å². The van der Waals surface area contributed by atoms with E-state index in [0.717, 1.165) is 5.56 Å². The zero-order chi connectivity index (χ0) is 20.5. The van der Waals surface area contributed by atoms with Gasteiger partial charge in [-0.05, 0) is 55.7 Å². The molecule has 0 aliphatic rings. The van der Waals surface area contributed by atoms with E-state index in [2.05, 4.69) is 19.2 Å². The molecule has 0 saturated carbocycles. The first-order valence-corrected chi connectivity index (χ1v) is 9.32. The second kappa shape index (κ2) is 10.2. The van der Waals surface area contributed by atoms with Crippen LogP contribution in [-0.2, 0) is 4.79 Å². The van der Waals surface area contributed by atoms with Crippen LogP contribution in [0.3, 0.4) is 0 Å². The minimum atomic E-state index is -0.454. The molecule has 0 bridgehead atoms. The van der Waals surface area contributed by atoms with E-state index >= 15 is 0 Å². The smallest absolute Gasteiger partial charge is 0.266 e. The fourth-order valence-corrected chi connectivity index (χ4v) is 2.41. The standard InChI is InChI=1S/C23H26N2O3/c1-5-27-22-13-18(8-11-21(22)28-15-16(2)3)12-19(14-24)23(26)25-20-9-6-17(4)7-10-20/h6-13,16H,5,15H2,1-4H3,(H,25,26)/b19-12+. The van der Waals surface area contributed by atoms with Gasteiger partial charge >= 0.3 is 0 Å². The van der Waals surface area contributed by atoms with E-state index in [1.54, 1.807) is 30.3 Å². The molecule has 2 rings (SSSR count). The Labute approximate surface area is 166 Å². The average Bonchev–Trinajstić information content (AvgIpc) is 2.67. The lowest BCUT2D eigenvalue weighted by atomic mass is 10.1. The van der Waals surface area contributed by atoms with Crippen LogP contribution in [0.15, 0.2) is 48.0 Å². The van der Waals surface area contributed by atoms with E-state index < -0.39 is 5.91 Å². The van der Waals surface area contributed by atoms with Gasteiger partial charge in [0.1, 0.15) is 11.6 Å². The zero-order valence-electron chi connectivity index (χ0n) is 16.8. The molecule has 0 heterocycles. The number of hydrogen-bond acceptors (Lipinski definition) is 4. The van der Waals surface area contributed by atoms with Gasteiger partial charge in [0.25, 0.3) is 5.91 Å². The fourth-order valence-electron chi connectivity index (χ4n) is 2.41. The third-order valence-electron chi connectivity index (χ3n) is 3.83. The van der Waals surface area contributed by atoms with Gasteiger partial charge in [-0.1, -0.05) is 37.6 Å². The van der Waals surface area contributed by atoms with E-state index in [0.29, 0.717) is 41.9 Å². The summed E-state index contributed by atoms with van der Waals surface area (Å²) < 4.78 is 11.4. The van der Waals surface area contributed by atoms with Crippen molar-refractivity contribution in [2.75, 3.05) is 18.5 Å². The van der Waals surface area contributed by atoms with Crippen molar-refractivity contribution >= 4 is 17.7 Å². The van der Waals surface area contributed by atoms with Crippen LogP contribution in [0.4, 0.5) is 5.69 Å². The molecular weight excluding hydrogens is 352 g/mol. The number of anilines is 1. The number of nitriles is 1. The summed E-state index contributed by atoms with van der Waals surface area (Å²) in [4.78, 5) is 12.4. The van der Waals surface area contributed by atoms with Crippen molar-refractivity contribution < 1.29 is 14.3 Å². The molecule has 0 spiro atoms. The van der Waals surface area contributed by atoms with Gasteiger partial charge in [-0.25, -0.2) is 0 Å². The first-order valence-electron chi connectivity index (χ1n) is 9.32. The van der Waals surface area contributed by atoms with Gasteiger partial charge in [-0.15, -0.1) is 0 Å². The van der Waals surface area contributed by atoms with Gasteiger partial charge in [-0.3, -0.25) is 4.79 Å². The summed E-state index contributed by atoms with van der Waals surface area (Å²) in [7, 11) is 0. The molecule has 5 heteroatoms. The highest BCUT2D eigenvalue weighted by atomic mass is 16.5. The van der Waals surface area contributed by atoms with Crippen molar-refractivity contribution in [3.8, 4) is 17.6 Å². The van der Waals surface area contributed by atoms with Crippen LogP contribution in [0, 0.1) is 24.2 Å². The Balaban J connectivity index is 2.22. The maximum Gasteiger partial charge on any atom is 0.266 e. The van der Waals surface area contributed by atoms with E-state index in [1.807, 2.05) is 32.0 Å². The topological polar surface area (TPSA) is 71.3 Å². The molecule has 0 radical (unpaired) electrons. The van der Waals surface area contributed by atoms with Gasteiger partial charge in [0, 0.05) is 5.69 Å². The molecule has 2 aromatic carbocycles. The van der Waals surface area contributed by atoms with Crippen LogP contribution < -0.4 is 14.8 Å². The van der Waals surface area contributed by atoms with Gasteiger partial charge in [-0.2, -0.15) is 5.26 Å². The zero-order valence-corrected chi connectivity index (χ0v) is 16.8. The lowest BCUT2D eigenvalue weighted by Gasteiger charge is -2.14. The Kier molecular flexibility index (Phi) is 7.65. The molecule has 0 atom stereocenters. The summed E-state index contributed by atoms with van der Waals surface area (Å²) >= 11 is 0. The number of aryl methyl sites for hydroxylation is 1. The van der Waals surface area contributed by atoms with Crippen LogP contribution in [0.2, 0.25) is 0 Å². The van der Waals surface area contributed by atoms with E-state index in [1.165, 1.54) is 6.08 Å². The summed E-state index contributed by atoms with van der Waals surface area (Å²) in [5.41, 5.74) is 2.44. The van der Waals surface area contributed by atoms with Gasteiger partial charge < -0.3 is 14.8 Å². The van der Waals surface area contributed by atoms with Crippen LogP contribution >= 0.6 is 0 Å². The molecular formula is C23H26N2O3. The number of amides is 1. The minimum Gasteiger partial charge on any atom is -0.490 e. The van der Waals surface area contributed by atoms with E-state index in [9.17, 15) is 10.1 Å². The highest BCUT2D eigenvalue weighted by Crippen LogP contribution is 2.30. The number of nitrogens with zero attached hydrogens (tertiary/aromatic N) is 1. The summed E-state index contributed by atoms with van der Waals surface area (Å²) in [6, 6.07) is 14.7. The number of carbonyl (C=O) groups is 1. The number of nitrogens with one attached hydrogen (secondary N) is 1. The third kappa shape index (κ3) is 6.17. The summed E-state index contributed by atoms with van der Waals surface area (Å²) in [6.45, 7) is 9.08. The summed E-state index contributed by atoms with van der Waals surface area (Å²) in [6.07, 6.45) is 1.54. The first kappa shape index (κ1) is 21.0. The Morgan fingerprint density at radius 2 is 1.86 bits per heavy atom. The molecule has 1 N–H and O–H groups in total. The molecule has 0 aromatic heterocycles. The van der Waals surface area contributed by atoms with Crippen molar-refractivity contribution in [1.29, 1.82) is 5.26 Å². The molecule has 0 aliphatic heterocycles. The normalized spacial score (nSPS) is 11.1. The molecule has 146 valence electrons. The molecule has 0 unspecified atom stereocenters. The lowest BCUT2D eigenvalue weighted by Crippen LogP contribution is -2.13. The second-order valence-electron chi connectivity index (χ2n) is 6.83. The Morgan fingerprint density at radius 1 is 1.14 bits per heavy atom. The van der Waals surface area contributed by atoms with Crippen molar-refractivity contribution in [1.82, 2.24) is 0 Å². The SMILES string of the molecule is CCOc1cc(/C=C(\C#N)C(=O)Nc2ccc(C)cc2)ccc1OCC(C)C. The highest BCUT2D eigenvalue weighted by molar-refractivity contribution is 6.09. The largest absolute Gasteiger partial charge is 0.490 e. The Morgan fingerprint density at radius 3 is 2.46 bits per heavy atom. The fraction of sp³-hybridized carbons (Fsp3) is 0.304. The van der Waals surface area contributed by atoms with Crippen LogP contribution in [-0.4, -0.2) is 19.1 Å². The molecule has 1 amide bonds. The first-order chi connectivity index (χ1) is 13.4. The Hall–Kier alpha value is -3.26. The molecule has 2 aromatic rings. The molecule has 28 heavy (non-hydrogen) atoms. The number of ether oxygens (including phenoxy) is 2. The second-order valence-corrected chi connectivity index (χ2v) is 6.83. The van der Waals surface area contributed by atoms with Crippen molar-refractivity contribution in [3.63, 3.8) is 0 Å². The predicted octanol–water partition coefficient (Wildman–Crippen LogP) is 4.97. The Bertz CT molecular complexity index is 878. The van der Waals surface area contributed by atoms with Crippen molar-refractivity contribution in [3.05, 3.63) is 59.2 Å². The number of benzene rings is 2. The highest BCUT2D eigenvalue weighted by Gasteiger charge is 2.12. The van der Waals surface area contributed by atoms with Gasteiger partial charge in [0.05, 0.1) is 13.2 Å². The molecule has 0 aliphatic carbocycles. The minimum absolute atomic E-state index is 0.0128. The molecule has 0 fully saturated rings. The number of carbonyl (C=O) groups excluding carboxylic acids is 1. The number of rotatable bonds is 8. The summed E-state index contributed by atoms with van der Waals surface area (Å²) in [5, 5.41) is 12.2. The maximum atomic E-state index is 12.4. The summed E-state index contributed by atoms with van der Waals surface area (Å²) in [5.74, 6) is 1.18. The molecule has 0 saturated heterocycles. The average molecular weight is 378 g/mol. The maximum absolute atomic E-state index is 12.4. The van der Waals surface area contributed by atoms with Crippen LogP contribution in [0.1, 0.15) is 31.9 Å². The predicted molar refractivity (Wildman–Crippen MR) is 111 cm³/mol. The van der Waals surface area contributed by atoms with Gasteiger partial charge in [0.2, 0.25) is 0 Å². The quantitative estimate of drug-likeness (QED) is 0.520. The third-order valence-corrected chi connectivity index (χ3v) is 3.83. The molecule has 5 nitrogen and oxygen atoms in total. The van der Waals surface area contributed by atoms with Crippen LogP contribution in [0.5, 0.6) is 11.5 Å². The van der Waals surface area contributed by atoms with Crippen molar-refractivity contribution in [2.24, 2.45) is 5.92 Å². The van der Waals surface area contributed by atoms with E-state index in [4.69, 9.17) is 9.47 Å². The number of hydrogen-bond donors (Lipinski definition) is 1. The monoisotopic (exact) mass is 378 g/mol. The van der Waals surface area contributed by atoms with Gasteiger partial charge in [0.15, 0.2) is 11.5 Å². The van der Waals surface area contributed by atoms with Crippen LogP contribution in [0.25, 0.3) is 6.08 Å². The lowest BCUT2D eigenvalue weighted by molar-refractivity contribution is -0.112. The van der Waals surface area contributed by atoms with E-state index in [-0.39, 0.29) is 5.57 Å².